The van der Waals surface area contributed by atoms with Gasteiger partial charge in [-0.2, -0.15) is 0 Å². The predicted octanol–water partition coefficient (Wildman–Crippen LogP) is 4.37. The van der Waals surface area contributed by atoms with Crippen molar-refractivity contribution in [2.45, 2.75) is 32.7 Å². The van der Waals surface area contributed by atoms with Crippen molar-refractivity contribution in [2.75, 3.05) is 11.4 Å². The Morgan fingerprint density at radius 2 is 1.74 bits per heavy atom. The summed E-state index contributed by atoms with van der Waals surface area (Å²) in [5, 5.41) is 0. The van der Waals surface area contributed by atoms with Crippen LogP contribution < -0.4 is 4.90 Å². The molecule has 0 spiro atoms. The van der Waals surface area contributed by atoms with Gasteiger partial charge in [-0.05, 0) is 41.2 Å². The quantitative estimate of drug-likeness (QED) is 0.766. The zero-order chi connectivity index (χ0) is 13.2. The zero-order valence-corrected chi connectivity index (χ0v) is 11.8. The number of benzene rings is 2. The molecule has 1 heteroatoms. The lowest BCUT2D eigenvalue weighted by molar-refractivity contribution is 0.727. The summed E-state index contributed by atoms with van der Waals surface area (Å²) in [5.41, 5.74) is 5.81. The Kier molecular flexibility index (Phi) is 3.29. The highest BCUT2D eigenvalue weighted by molar-refractivity contribution is 5.50. The molecule has 0 fully saturated rings. The van der Waals surface area contributed by atoms with E-state index >= 15 is 0 Å². The monoisotopic (exact) mass is 251 g/mol. The number of hydrogen-bond acceptors (Lipinski definition) is 1. The molecule has 19 heavy (non-hydrogen) atoms. The van der Waals surface area contributed by atoms with Gasteiger partial charge < -0.3 is 4.90 Å². The summed E-state index contributed by atoms with van der Waals surface area (Å²) in [6.45, 7) is 6.69. The lowest BCUT2D eigenvalue weighted by Gasteiger charge is -2.31. The van der Waals surface area contributed by atoms with Crippen LogP contribution in [0.5, 0.6) is 0 Å². The lowest BCUT2D eigenvalue weighted by Crippen LogP contribution is -2.30. The second-order valence-corrected chi connectivity index (χ2v) is 5.69. The van der Waals surface area contributed by atoms with Crippen LogP contribution >= 0.6 is 0 Å². The molecule has 0 aliphatic carbocycles. The standard InChI is InChI=1S/C18H21N/c1-14(2)16-9-8-15-10-11-19(13-17(15)12-16)18-6-4-3-5-7-18/h3-9,12,14H,10-11,13H2,1-2H3. The minimum Gasteiger partial charge on any atom is -0.367 e. The van der Waals surface area contributed by atoms with Crippen LogP contribution in [-0.2, 0) is 13.0 Å². The van der Waals surface area contributed by atoms with Crippen molar-refractivity contribution in [3.63, 3.8) is 0 Å². The van der Waals surface area contributed by atoms with Crippen molar-refractivity contribution in [1.29, 1.82) is 0 Å². The van der Waals surface area contributed by atoms with Crippen molar-refractivity contribution in [1.82, 2.24) is 0 Å². The van der Waals surface area contributed by atoms with Crippen LogP contribution in [0.2, 0.25) is 0 Å². The molecule has 0 saturated heterocycles. The first-order valence-corrected chi connectivity index (χ1v) is 7.16. The number of rotatable bonds is 2. The number of para-hydroxylation sites is 1. The number of anilines is 1. The first-order chi connectivity index (χ1) is 9.24. The van der Waals surface area contributed by atoms with Crippen LogP contribution in [-0.4, -0.2) is 6.54 Å². The van der Waals surface area contributed by atoms with Gasteiger partial charge in [-0.1, -0.05) is 50.2 Å². The van der Waals surface area contributed by atoms with Crippen molar-refractivity contribution in [3.05, 3.63) is 65.2 Å². The summed E-state index contributed by atoms with van der Waals surface area (Å²) in [5.74, 6) is 0.609. The molecule has 0 N–H and O–H groups in total. The van der Waals surface area contributed by atoms with Gasteiger partial charge in [-0.3, -0.25) is 0 Å². The predicted molar refractivity (Wildman–Crippen MR) is 81.7 cm³/mol. The van der Waals surface area contributed by atoms with Gasteiger partial charge in [0.1, 0.15) is 0 Å². The highest BCUT2D eigenvalue weighted by Gasteiger charge is 2.17. The summed E-state index contributed by atoms with van der Waals surface area (Å²) in [4.78, 5) is 2.48. The summed E-state index contributed by atoms with van der Waals surface area (Å²) >= 11 is 0. The Morgan fingerprint density at radius 1 is 0.947 bits per heavy atom. The fourth-order valence-electron chi connectivity index (χ4n) is 2.80. The maximum Gasteiger partial charge on any atom is 0.0432 e. The molecule has 1 nitrogen and oxygen atoms in total. The number of hydrogen-bond donors (Lipinski definition) is 0. The van der Waals surface area contributed by atoms with Crippen molar-refractivity contribution in [2.24, 2.45) is 0 Å². The molecule has 0 amide bonds. The van der Waals surface area contributed by atoms with Crippen LogP contribution in [0.3, 0.4) is 0 Å². The fraction of sp³-hybridized carbons (Fsp3) is 0.333. The van der Waals surface area contributed by atoms with Gasteiger partial charge in [-0.25, -0.2) is 0 Å². The molecule has 2 aromatic rings. The second-order valence-electron chi connectivity index (χ2n) is 5.69. The Balaban J connectivity index is 1.88. The Hall–Kier alpha value is -1.76. The van der Waals surface area contributed by atoms with Gasteiger partial charge in [0.2, 0.25) is 0 Å². The van der Waals surface area contributed by atoms with E-state index in [9.17, 15) is 0 Å². The molecule has 0 radical (unpaired) electrons. The molecule has 0 aromatic heterocycles. The molecule has 0 bridgehead atoms. The smallest absolute Gasteiger partial charge is 0.0432 e. The highest BCUT2D eigenvalue weighted by Crippen LogP contribution is 2.27. The number of nitrogens with zero attached hydrogens (tertiary/aromatic N) is 1. The van der Waals surface area contributed by atoms with Crippen molar-refractivity contribution in [3.8, 4) is 0 Å². The Bertz CT molecular complexity index is 557. The van der Waals surface area contributed by atoms with Crippen molar-refractivity contribution >= 4 is 5.69 Å². The van der Waals surface area contributed by atoms with Crippen molar-refractivity contribution < 1.29 is 0 Å². The van der Waals surface area contributed by atoms with E-state index in [4.69, 9.17) is 0 Å². The first kappa shape index (κ1) is 12.3. The van der Waals surface area contributed by atoms with E-state index in [2.05, 4.69) is 67.3 Å². The normalized spacial score (nSPS) is 14.6. The molecule has 3 rings (SSSR count). The minimum absolute atomic E-state index is 0.609. The van der Waals surface area contributed by atoms with Crippen LogP contribution in [0.15, 0.2) is 48.5 Å². The van der Waals surface area contributed by atoms with Crippen LogP contribution in [0.25, 0.3) is 0 Å². The number of fused-ring (bicyclic) bond motifs is 1. The summed E-state index contributed by atoms with van der Waals surface area (Å²) in [7, 11) is 0. The third-order valence-corrected chi connectivity index (χ3v) is 4.03. The Labute approximate surface area is 115 Å². The van der Waals surface area contributed by atoms with Gasteiger partial charge >= 0.3 is 0 Å². The molecular weight excluding hydrogens is 230 g/mol. The second kappa shape index (κ2) is 5.08. The minimum atomic E-state index is 0.609. The summed E-state index contributed by atoms with van der Waals surface area (Å²) < 4.78 is 0. The average Bonchev–Trinajstić information content (AvgIpc) is 2.47. The molecule has 0 atom stereocenters. The summed E-state index contributed by atoms with van der Waals surface area (Å²) in [6.07, 6.45) is 1.16. The third-order valence-electron chi connectivity index (χ3n) is 4.03. The van der Waals surface area contributed by atoms with Gasteiger partial charge in [0.25, 0.3) is 0 Å². The van der Waals surface area contributed by atoms with Gasteiger partial charge in [-0.15, -0.1) is 0 Å². The molecule has 98 valence electrons. The molecule has 1 aliphatic rings. The van der Waals surface area contributed by atoms with Crippen LogP contribution in [0, 0.1) is 0 Å². The molecule has 1 aliphatic heterocycles. The molecule has 1 heterocycles. The van der Waals surface area contributed by atoms with Crippen LogP contribution in [0.1, 0.15) is 36.5 Å². The van der Waals surface area contributed by atoms with E-state index in [0.717, 1.165) is 19.5 Å². The van der Waals surface area contributed by atoms with Gasteiger partial charge in [0.15, 0.2) is 0 Å². The van der Waals surface area contributed by atoms with E-state index in [-0.39, 0.29) is 0 Å². The van der Waals surface area contributed by atoms with Gasteiger partial charge in [0, 0.05) is 18.8 Å². The zero-order valence-electron chi connectivity index (χ0n) is 11.8. The lowest BCUT2D eigenvalue weighted by atomic mass is 9.93. The largest absolute Gasteiger partial charge is 0.367 e. The van der Waals surface area contributed by atoms with Crippen LogP contribution in [0.4, 0.5) is 5.69 Å². The third kappa shape index (κ3) is 2.51. The highest BCUT2D eigenvalue weighted by atomic mass is 15.1. The van der Waals surface area contributed by atoms with E-state index < -0.39 is 0 Å². The van der Waals surface area contributed by atoms with Gasteiger partial charge in [0.05, 0.1) is 0 Å². The van der Waals surface area contributed by atoms with E-state index in [1.54, 1.807) is 0 Å². The van der Waals surface area contributed by atoms with E-state index in [0.29, 0.717) is 5.92 Å². The average molecular weight is 251 g/mol. The molecule has 0 unspecified atom stereocenters. The van der Waals surface area contributed by atoms with E-state index in [1.807, 2.05) is 0 Å². The fourth-order valence-corrected chi connectivity index (χ4v) is 2.80. The first-order valence-electron chi connectivity index (χ1n) is 7.16. The molecule has 2 aromatic carbocycles. The maximum atomic E-state index is 2.48. The topological polar surface area (TPSA) is 3.24 Å². The maximum absolute atomic E-state index is 2.48. The van der Waals surface area contributed by atoms with E-state index in [1.165, 1.54) is 22.4 Å². The molecular formula is C18H21N. The Morgan fingerprint density at radius 3 is 2.47 bits per heavy atom. The SMILES string of the molecule is CC(C)c1ccc2c(c1)CN(c1ccccc1)CC2. The summed E-state index contributed by atoms with van der Waals surface area (Å²) in [6, 6.07) is 17.8. The molecule has 0 saturated carbocycles.